The number of H-pyrrole nitrogens is 1. The van der Waals surface area contributed by atoms with E-state index in [1.807, 2.05) is 48.2 Å². The average Bonchev–Trinajstić information content (AvgIpc) is 3.92. The van der Waals surface area contributed by atoms with Crippen LogP contribution < -0.4 is 15.5 Å². The van der Waals surface area contributed by atoms with E-state index < -0.39 is 0 Å². The Morgan fingerprint density at radius 3 is 2.16 bits per heavy atom. The smallest absolute Gasteiger partial charge is 0.227 e. The second-order valence-electron chi connectivity index (χ2n) is 14.0. The van der Waals surface area contributed by atoms with Crippen molar-refractivity contribution in [3.8, 4) is 0 Å². The number of nitrogens with one attached hydrogen (secondary N) is 3. The summed E-state index contributed by atoms with van der Waals surface area (Å²) in [7, 11) is 0. The van der Waals surface area contributed by atoms with Gasteiger partial charge in [-0.3, -0.25) is 14.7 Å². The minimum absolute atomic E-state index is 0.0978. The molecular weight excluding hydrogens is 657 g/mol. The van der Waals surface area contributed by atoms with Gasteiger partial charge in [0.25, 0.3) is 0 Å². The lowest BCUT2D eigenvalue weighted by atomic mass is 10.1. The Morgan fingerprint density at radius 2 is 1.51 bits per heavy atom. The zero-order valence-corrected chi connectivity index (χ0v) is 31.6. The minimum Gasteiger partial charge on any atom is -0.353 e. The molecule has 10 nitrogen and oxygen atoms in total. The largest absolute Gasteiger partial charge is 0.353 e. The molecule has 11 heteroatoms. The Kier molecular flexibility index (Phi) is 15.7. The quantitative estimate of drug-likeness (QED) is 0.0535. The summed E-state index contributed by atoms with van der Waals surface area (Å²) in [4.78, 5) is 40.1. The fourth-order valence-electron chi connectivity index (χ4n) is 6.29. The molecule has 5 rings (SSSR count). The zero-order chi connectivity index (χ0) is 35.7. The zero-order valence-electron chi connectivity index (χ0n) is 30.8. The molecule has 3 heterocycles. The van der Waals surface area contributed by atoms with Crippen molar-refractivity contribution in [2.24, 2.45) is 5.92 Å². The first kappa shape index (κ1) is 38.4. The van der Waals surface area contributed by atoms with Crippen LogP contribution in [0.1, 0.15) is 115 Å². The third-order valence-corrected chi connectivity index (χ3v) is 10.4. The van der Waals surface area contributed by atoms with Crippen LogP contribution in [-0.2, 0) is 9.59 Å². The third-order valence-electron chi connectivity index (χ3n) is 9.54. The molecule has 1 aliphatic heterocycles. The molecule has 0 spiro atoms. The van der Waals surface area contributed by atoms with Gasteiger partial charge in [-0.2, -0.15) is 5.10 Å². The van der Waals surface area contributed by atoms with Crippen LogP contribution in [0, 0.1) is 12.8 Å². The predicted octanol–water partition coefficient (Wildman–Crippen LogP) is 9.44. The molecular formula is C40H58N8O2S. The van der Waals surface area contributed by atoms with Crippen molar-refractivity contribution in [3.05, 3.63) is 54.2 Å². The van der Waals surface area contributed by atoms with Crippen molar-refractivity contribution in [2.75, 3.05) is 41.7 Å². The molecule has 2 amide bonds. The number of benzene rings is 1. The molecule has 0 unspecified atom stereocenters. The Bertz CT molecular complexity index is 1530. The van der Waals surface area contributed by atoms with E-state index in [0.29, 0.717) is 36.3 Å². The number of aromatic amines is 1. The Morgan fingerprint density at radius 1 is 0.843 bits per heavy atom. The molecule has 0 radical (unpaired) electrons. The van der Waals surface area contributed by atoms with E-state index in [1.165, 1.54) is 82.4 Å². The molecule has 1 aliphatic carbocycles. The molecule has 51 heavy (non-hydrogen) atoms. The van der Waals surface area contributed by atoms with E-state index in [2.05, 4.69) is 44.8 Å². The summed E-state index contributed by atoms with van der Waals surface area (Å²) < 4.78 is 0. The summed E-state index contributed by atoms with van der Waals surface area (Å²) in [6, 6.07) is 11.7. The summed E-state index contributed by atoms with van der Waals surface area (Å²) in [5, 5.41) is 14.2. The molecule has 0 bridgehead atoms. The molecule has 3 aromatic rings. The number of carbonyl (C=O) groups is 2. The normalized spacial score (nSPS) is 14.7. The molecule has 1 aromatic carbocycles. The van der Waals surface area contributed by atoms with Gasteiger partial charge in [-0.25, -0.2) is 9.97 Å². The fourth-order valence-corrected chi connectivity index (χ4v) is 7.06. The van der Waals surface area contributed by atoms with Crippen LogP contribution in [0.25, 0.3) is 0 Å². The van der Waals surface area contributed by atoms with Gasteiger partial charge in [0.1, 0.15) is 11.6 Å². The Labute approximate surface area is 309 Å². The molecule has 3 N–H and O–H groups in total. The highest BCUT2D eigenvalue weighted by atomic mass is 32.2. The van der Waals surface area contributed by atoms with Crippen LogP contribution in [0.5, 0.6) is 0 Å². The number of amides is 2. The van der Waals surface area contributed by atoms with Crippen LogP contribution in [0.15, 0.2) is 58.6 Å². The number of allylic oxidation sites excluding steroid dienone is 2. The Balaban J connectivity index is 1.04. The number of piperazine rings is 1. The number of aromatic nitrogens is 4. The van der Waals surface area contributed by atoms with Crippen LogP contribution in [0.4, 0.5) is 23.1 Å². The first-order valence-corrected chi connectivity index (χ1v) is 20.2. The maximum Gasteiger partial charge on any atom is 0.227 e. The van der Waals surface area contributed by atoms with Crippen molar-refractivity contribution in [1.29, 1.82) is 0 Å². The average molecular weight is 715 g/mol. The van der Waals surface area contributed by atoms with E-state index >= 15 is 0 Å². The lowest BCUT2D eigenvalue weighted by Gasteiger charge is -2.35. The number of anilines is 4. The number of hydrogen-bond acceptors (Lipinski definition) is 8. The van der Waals surface area contributed by atoms with Crippen LogP contribution in [0.3, 0.4) is 0 Å². The summed E-state index contributed by atoms with van der Waals surface area (Å²) in [5.41, 5.74) is 1.75. The summed E-state index contributed by atoms with van der Waals surface area (Å²) in [6.45, 7) is 7.04. The van der Waals surface area contributed by atoms with Crippen molar-refractivity contribution in [2.45, 2.75) is 127 Å². The van der Waals surface area contributed by atoms with Crippen LogP contribution in [-0.4, -0.2) is 63.1 Å². The molecule has 2 aliphatic rings. The number of nitrogens with zero attached hydrogens (tertiary/aromatic N) is 5. The maximum atomic E-state index is 13.0. The van der Waals surface area contributed by atoms with E-state index in [4.69, 9.17) is 9.97 Å². The van der Waals surface area contributed by atoms with Crippen LogP contribution >= 0.6 is 11.8 Å². The standard InChI is InChI=1S/C40H58N8O2S/c1-3-4-5-6-7-8-9-10-11-12-13-14-15-16-17-18-38(49)48-27-25-47(26-28-48)37-30-35(42-36-29-31(2)45-46-36)43-40(44-37)51-34-23-21-33(22-24-34)41-39(50)32-19-20-32/h10-11,21-24,29-30,32H,3-9,12-20,25-28H2,1-2H3,(H,41,50)(H2,42,43,44,45,46)/b11-10+. The number of hydrogen-bond donors (Lipinski definition) is 3. The van der Waals surface area contributed by atoms with Crippen molar-refractivity contribution in [3.63, 3.8) is 0 Å². The van der Waals surface area contributed by atoms with Crippen molar-refractivity contribution < 1.29 is 9.59 Å². The molecule has 276 valence electrons. The van der Waals surface area contributed by atoms with Gasteiger partial charge in [0.2, 0.25) is 11.8 Å². The predicted molar refractivity (Wildman–Crippen MR) is 209 cm³/mol. The highest BCUT2D eigenvalue weighted by Crippen LogP contribution is 2.32. The maximum absolute atomic E-state index is 13.0. The summed E-state index contributed by atoms with van der Waals surface area (Å²) in [6.07, 6.45) is 23.7. The third kappa shape index (κ3) is 13.7. The first-order chi connectivity index (χ1) is 25.0. The summed E-state index contributed by atoms with van der Waals surface area (Å²) in [5.74, 6) is 2.69. The highest BCUT2D eigenvalue weighted by molar-refractivity contribution is 7.99. The number of unbranched alkanes of at least 4 members (excludes halogenated alkanes) is 11. The van der Waals surface area contributed by atoms with Gasteiger partial charge in [0.05, 0.1) is 0 Å². The van der Waals surface area contributed by atoms with E-state index in [0.717, 1.165) is 60.9 Å². The van der Waals surface area contributed by atoms with E-state index in [9.17, 15) is 9.59 Å². The molecule has 2 aromatic heterocycles. The second-order valence-corrected chi connectivity index (χ2v) is 15.1. The number of rotatable bonds is 22. The molecule has 0 atom stereocenters. The monoisotopic (exact) mass is 714 g/mol. The van der Waals surface area contributed by atoms with Gasteiger partial charge in [0.15, 0.2) is 11.0 Å². The SMILES string of the molecule is CCCCCCCC/C=C/CCCCCCCC(=O)N1CCN(c2cc(Nc3cc(C)[nH]n3)nc(Sc3ccc(NC(=O)C4CC4)cc3)n2)CC1. The van der Waals surface area contributed by atoms with Gasteiger partial charge in [-0.05, 0) is 87.9 Å². The second kappa shape index (κ2) is 20.9. The number of carbonyl (C=O) groups excluding carboxylic acids is 2. The number of aryl methyl sites for hydroxylation is 1. The van der Waals surface area contributed by atoms with Crippen molar-refractivity contribution in [1.82, 2.24) is 25.1 Å². The molecule has 2 fully saturated rings. The van der Waals surface area contributed by atoms with Crippen molar-refractivity contribution >= 4 is 46.7 Å². The lowest BCUT2D eigenvalue weighted by molar-refractivity contribution is -0.131. The molecule has 1 saturated carbocycles. The van der Waals surface area contributed by atoms with Gasteiger partial charge in [-0.15, -0.1) is 0 Å². The highest BCUT2D eigenvalue weighted by Gasteiger charge is 2.29. The minimum atomic E-state index is 0.0978. The fraction of sp³-hybridized carbons (Fsp3) is 0.575. The Hall–Kier alpha value is -3.86. The van der Waals surface area contributed by atoms with E-state index in [-0.39, 0.29) is 17.7 Å². The van der Waals surface area contributed by atoms with Gasteiger partial charge in [0, 0.05) is 66.9 Å². The van der Waals surface area contributed by atoms with Gasteiger partial charge < -0.3 is 20.4 Å². The van der Waals surface area contributed by atoms with Crippen LogP contribution in [0.2, 0.25) is 0 Å². The lowest BCUT2D eigenvalue weighted by Crippen LogP contribution is -2.49. The topological polar surface area (TPSA) is 119 Å². The van der Waals surface area contributed by atoms with Gasteiger partial charge in [-0.1, -0.05) is 70.4 Å². The van der Waals surface area contributed by atoms with E-state index in [1.54, 1.807) is 0 Å². The van der Waals surface area contributed by atoms with Gasteiger partial charge >= 0.3 is 0 Å². The first-order valence-electron chi connectivity index (χ1n) is 19.4. The summed E-state index contributed by atoms with van der Waals surface area (Å²) >= 11 is 1.47. The molecule has 1 saturated heterocycles.